The van der Waals surface area contributed by atoms with E-state index < -0.39 is 5.82 Å². The third-order valence-corrected chi connectivity index (χ3v) is 5.09. The number of nitrogens with one attached hydrogen (secondary N) is 2. The second-order valence-corrected chi connectivity index (χ2v) is 7.43. The maximum atomic E-state index is 14.1. The first-order valence-electron chi connectivity index (χ1n) is 10.3. The zero-order chi connectivity index (χ0) is 22.2. The lowest BCUT2D eigenvalue weighted by atomic mass is 9.95. The fourth-order valence-corrected chi connectivity index (χ4v) is 3.46. The molecular formula is C23H26FN3O4. The lowest BCUT2D eigenvalue weighted by molar-refractivity contribution is -0.135. The predicted molar refractivity (Wildman–Crippen MR) is 115 cm³/mol. The molecule has 8 heteroatoms. The van der Waals surface area contributed by atoms with E-state index in [9.17, 15) is 18.8 Å². The van der Waals surface area contributed by atoms with E-state index in [0.29, 0.717) is 38.2 Å². The fraction of sp³-hybridized carbons (Fsp3) is 0.348. The topological polar surface area (TPSA) is 87.7 Å². The molecule has 3 rings (SSSR count). The molecule has 3 amide bonds. The Morgan fingerprint density at radius 1 is 1.06 bits per heavy atom. The Balaban J connectivity index is 1.45. The van der Waals surface area contributed by atoms with Crippen molar-refractivity contribution in [2.45, 2.75) is 26.2 Å². The number of piperidine rings is 1. The molecule has 1 fully saturated rings. The van der Waals surface area contributed by atoms with Gasteiger partial charge in [-0.3, -0.25) is 14.4 Å². The Bertz CT molecular complexity index is 928. The van der Waals surface area contributed by atoms with Crippen molar-refractivity contribution in [3.63, 3.8) is 0 Å². The van der Waals surface area contributed by atoms with E-state index in [1.807, 2.05) is 30.3 Å². The van der Waals surface area contributed by atoms with Crippen LogP contribution >= 0.6 is 0 Å². The number of halogens is 1. The van der Waals surface area contributed by atoms with Crippen molar-refractivity contribution >= 4 is 29.1 Å². The van der Waals surface area contributed by atoms with Gasteiger partial charge in [0.05, 0.1) is 18.7 Å². The average Bonchev–Trinajstić information content (AvgIpc) is 2.76. The van der Waals surface area contributed by atoms with Gasteiger partial charge < -0.3 is 20.3 Å². The molecule has 0 bridgehead atoms. The van der Waals surface area contributed by atoms with E-state index in [0.717, 1.165) is 5.75 Å². The molecule has 31 heavy (non-hydrogen) atoms. The maximum Gasteiger partial charge on any atom is 0.227 e. The minimum Gasteiger partial charge on any atom is -0.493 e. The highest BCUT2D eigenvalue weighted by molar-refractivity contribution is 5.94. The lowest BCUT2D eigenvalue weighted by Gasteiger charge is -2.31. The number of benzene rings is 2. The molecule has 2 N–H and O–H groups in total. The third-order valence-electron chi connectivity index (χ3n) is 5.09. The molecule has 0 aliphatic carbocycles. The zero-order valence-corrected chi connectivity index (χ0v) is 17.4. The largest absolute Gasteiger partial charge is 0.493 e. The first-order chi connectivity index (χ1) is 14.9. The van der Waals surface area contributed by atoms with Crippen LogP contribution in [-0.2, 0) is 14.4 Å². The molecule has 7 nitrogen and oxygen atoms in total. The monoisotopic (exact) mass is 427 g/mol. The van der Waals surface area contributed by atoms with Gasteiger partial charge in [-0.1, -0.05) is 18.2 Å². The highest BCUT2D eigenvalue weighted by Gasteiger charge is 2.27. The van der Waals surface area contributed by atoms with Gasteiger partial charge in [-0.2, -0.15) is 0 Å². The van der Waals surface area contributed by atoms with Crippen molar-refractivity contribution in [2.24, 2.45) is 5.92 Å². The van der Waals surface area contributed by atoms with E-state index in [2.05, 4.69) is 10.6 Å². The molecule has 2 aromatic carbocycles. The predicted octanol–water partition coefficient (Wildman–Crippen LogP) is 3.43. The van der Waals surface area contributed by atoms with Gasteiger partial charge in [0.2, 0.25) is 17.7 Å². The molecule has 1 saturated heterocycles. The molecule has 0 atom stereocenters. The number of hydrogen-bond donors (Lipinski definition) is 2. The molecule has 1 heterocycles. The minimum absolute atomic E-state index is 0.0103. The van der Waals surface area contributed by atoms with Crippen LogP contribution in [0.5, 0.6) is 5.75 Å². The highest BCUT2D eigenvalue weighted by Crippen LogP contribution is 2.24. The third kappa shape index (κ3) is 6.53. The van der Waals surface area contributed by atoms with Crippen LogP contribution in [0.2, 0.25) is 0 Å². The number of likely N-dealkylation sites (tertiary alicyclic amines) is 1. The number of nitrogens with zero attached hydrogens (tertiary/aromatic N) is 1. The van der Waals surface area contributed by atoms with Crippen LogP contribution in [0.15, 0.2) is 48.5 Å². The molecule has 0 spiro atoms. The summed E-state index contributed by atoms with van der Waals surface area (Å²) >= 11 is 0. The molecule has 2 aromatic rings. The molecular weight excluding hydrogens is 401 g/mol. The summed E-state index contributed by atoms with van der Waals surface area (Å²) in [6.45, 7) is 2.59. The highest BCUT2D eigenvalue weighted by atomic mass is 19.1. The van der Waals surface area contributed by atoms with Crippen LogP contribution in [0.25, 0.3) is 0 Å². The summed E-state index contributed by atoms with van der Waals surface area (Å²) in [5.41, 5.74) is 0.426. The molecule has 0 aromatic heterocycles. The molecule has 164 valence electrons. The average molecular weight is 427 g/mol. The number of amides is 3. The van der Waals surface area contributed by atoms with E-state index in [4.69, 9.17) is 4.74 Å². The first kappa shape index (κ1) is 22.3. The second-order valence-electron chi connectivity index (χ2n) is 7.43. The molecule has 0 saturated carbocycles. The van der Waals surface area contributed by atoms with Crippen molar-refractivity contribution in [1.29, 1.82) is 0 Å². The van der Waals surface area contributed by atoms with Crippen molar-refractivity contribution in [3.8, 4) is 5.75 Å². The Hall–Kier alpha value is -3.42. The van der Waals surface area contributed by atoms with Gasteiger partial charge in [-0.25, -0.2) is 4.39 Å². The Morgan fingerprint density at radius 3 is 2.45 bits per heavy atom. The van der Waals surface area contributed by atoms with Crippen LogP contribution in [0, 0.1) is 11.7 Å². The Morgan fingerprint density at radius 2 is 1.77 bits per heavy atom. The van der Waals surface area contributed by atoms with Crippen molar-refractivity contribution in [2.75, 3.05) is 30.3 Å². The van der Waals surface area contributed by atoms with Crippen LogP contribution in [-0.4, -0.2) is 42.3 Å². The van der Waals surface area contributed by atoms with Crippen molar-refractivity contribution in [3.05, 3.63) is 54.3 Å². The van der Waals surface area contributed by atoms with Gasteiger partial charge in [0.1, 0.15) is 11.6 Å². The van der Waals surface area contributed by atoms with Crippen LogP contribution in [0.4, 0.5) is 15.8 Å². The number of anilines is 2. The summed E-state index contributed by atoms with van der Waals surface area (Å²) < 4.78 is 19.6. The van der Waals surface area contributed by atoms with Gasteiger partial charge in [0, 0.05) is 31.6 Å². The SMILES string of the molecule is CC(=O)Nc1ccc(F)c(NC(=O)C2CCN(C(=O)CCOc3ccccc3)CC2)c1. The Kier molecular flexibility index (Phi) is 7.59. The van der Waals surface area contributed by atoms with Crippen LogP contribution in [0.1, 0.15) is 26.2 Å². The molecule has 0 unspecified atom stereocenters. The number of carbonyl (C=O) groups excluding carboxylic acids is 3. The number of para-hydroxylation sites is 1. The number of carbonyl (C=O) groups is 3. The van der Waals surface area contributed by atoms with Gasteiger partial charge in [-0.15, -0.1) is 0 Å². The van der Waals surface area contributed by atoms with E-state index >= 15 is 0 Å². The van der Waals surface area contributed by atoms with Gasteiger partial charge in [0.25, 0.3) is 0 Å². The Labute approximate surface area is 180 Å². The summed E-state index contributed by atoms with van der Waals surface area (Å²) in [4.78, 5) is 37.9. The van der Waals surface area contributed by atoms with Crippen molar-refractivity contribution < 1.29 is 23.5 Å². The molecule has 1 aliphatic rings. The summed E-state index contributed by atoms with van der Waals surface area (Å²) in [6.07, 6.45) is 1.28. The van der Waals surface area contributed by atoms with Crippen LogP contribution < -0.4 is 15.4 Å². The summed E-state index contributed by atoms with van der Waals surface area (Å²) in [5, 5.41) is 5.16. The number of ether oxygens (including phenoxy) is 1. The van der Waals surface area contributed by atoms with Gasteiger partial charge in [-0.05, 0) is 43.2 Å². The van der Waals surface area contributed by atoms with Gasteiger partial charge in [0.15, 0.2) is 0 Å². The van der Waals surface area contributed by atoms with E-state index in [-0.39, 0.29) is 35.7 Å². The molecule has 0 radical (unpaired) electrons. The van der Waals surface area contributed by atoms with E-state index in [1.54, 1.807) is 4.90 Å². The summed E-state index contributed by atoms with van der Waals surface area (Å²) in [5.74, 6) is -0.750. The minimum atomic E-state index is -0.575. The van der Waals surface area contributed by atoms with Crippen LogP contribution in [0.3, 0.4) is 0 Å². The standard InChI is InChI=1S/C23H26FN3O4/c1-16(28)25-18-7-8-20(24)21(15-18)26-23(30)17-9-12-27(13-10-17)22(29)11-14-31-19-5-3-2-4-6-19/h2-8,15,17H,9-14H2,1H3,(H,25,28)(H,26,30). The van der Waals surface area contributed by atoms with Crippen molar-refractivity contribution in [1.82, 2.24) is 4.90 Å². The zero-order valence-electron chi connectivity index (χ0n) is 17.4. The van der Waals surface area contributed by atoms with Gasteiger partial charge >= 0.3 is 0 Å². The lowest BCUT2D eigenvalue weighted by Crippen LogP contribution is -2.41. The summed E-state index contributed by atoms with van der Waals surface area (Å²) in [6, 6.07) is 13.3. The second kappa shape index (κ2) is 10.6. The number of rotatable bonds is 7. The fourth-order valence-electron chi connectivity index (χ4n) is 3.46. The summed E-state index contributed by atoms with van der Waals surface area (Å²) in [7, 11) is 0. The number of hydrogen-bond acceptors (Lipinski definition) is 4. The quantitative estimate of drug-likeness (QED) is 0.709. The molecule has 1 aliphatic heterocycles. The normalized spacial score (nSPS) is 14.1. The van der Waals surface area contributed by atoms with E-state index in [1.165, 1.54) is 25.1 Å². The first-order valence-corrected chi connectivity index (χ1v) is 10.3. The maximum absolute atomic E-state index is 14.1. The smallest absolute Gasteiger partial charge is 0.227 e.